The molecule has 0 saturated heterocycles. The van der Waals surface area contributed by atoms with Gasteiger partial charge >= 0.3 is 0 Å². The van der Waals surface area contributed by atoms with Crippen molar-refractivity contribution in [1.82, 2.24) is 9.78 Å². The molecule has 5 heteroatoms. The second-order valence-electron chi connectivity index (χ2n) is 4.90. The quantitative estimate of drug-likeness (QED) is 0.822. The molecule has 0 atom stereocenters. The second kappa shape index (κ2) is 7.13. The van der Waals surface area contributed by atoms with Crippen LogP contribution in [0.2, 0.25) is 0 Å². The number of anilines is 1. The Bertz CT molecular complexity index is 593. The van der Waals surface area contributed by atoms with Gasteiger partial charge in [-0.1, -0.05) is 6.92 Å². The van der Waals surface area contributed by atoms with Crippen LogP contribution in [-0.4, -0.2) is 21.5 Å². The number of nitrogens with one attached hydrogen (secondary N) is 1. The molecule has 0 fully saturated rings. The zero-order chi connectivity index (χ0) is 15.2. The summed E-state index contributed by atoms with van der Waals surface area (Å²) in [6.07, 6.45) is 2.95. The van der Waals surface area contributed by atoms with Crippen LogP contribution in [0.4, 0.5) is 5.69 Å². The van der Waals surface area contributed by atoms with Gasteiger partial charge in [0.2, 0.25) is 0 Å². The molecule has 0 aliphatic heterocycles. The van der Waals surface area contributed by atoms with Crippen LogP contribution in [0.1, 0.15) is 30.7 Å². The Balaban J connectivity index is 2.09. The summed E-state index contributed by atoms with van der Waals surface area (Å²) in [5, 5.41) is 17.2. The maximum Gasteiger partial charge on any atom is 0.124 e. The molecule has 0 saturated carbocycles. The minimum absolute atomic E-state index is 0.0298. The number of ether oxygens (including phenoxy) is 1. The van der Waals surface area contributed by atoms with Crippen LogP contribution in [0.25, 0.3) is 0 Å². The highest BCUT2D eigenvalue weighted by atomic mass is 16.5. The van der Waals surface area contributed by atoms with E-state index in [0.29, 0.717) is 6.61 Å². The van der Waals surface area contributed by atoms with Crippen LogP contribution < -0.4 is 10.1 Å². The zero-order valence-electron chi connectivity index (χ0n) is 12.9. The van der Waals surface area contributed by atoms with E-state index in [0.717, 1.165) is 35.7 Å². The van der Waals surface area contributed by atoms with Crippen LogP contribution in [0.15, 0.2) is 24.4 Å². The molecule has 1 heterocycles. The molecule has 0 bridgehead atoms. The Kier molecular flexibility index (Phi) is 5.22. The van der Waals surface area contributed by atoms with Crippen molar-refractivity contribution in [3.05, 3.63) is 41.2 Å². The number of aryl methyl sites for hydroxylation is 2. The van der Waals surface area contributed by atoms with Crippen molar-refractivity contribution in [3.8, 4) is 5.75 Å². The van der Waals surface area contributed by atoms with E-state index in [2.05, 4.69) is 17.3 Å². The van der Waals surface area contributed by atoms with Crippen LogP contribution in [0, 0.1) is 0 Å². The lowest BCUT2D eigenvalue weighted by molar-refractivity contribution is 0.267. The predicted octanol–water partition coefficient (Wildman–Crippen LogP) is 2.49. The van der Waals surface area contributed by atoms with Crippen LogP contribution >= 0.6 is 0 Å². The van der Waals surface area contributed by atoms with Gasteiger partial charge in [-0.15, -0.1) is 0 Å². The van der Waals surface area contributed by atoms with Gasteiger partial charge in [0, 0.05) is 36.6 Å². The van der Waals surface area contributed by atoms with Crippen LogP contribution in [-0.2, 0) is 26.6 Å². The number of nitrogens with zero attached hydrogens (tertiary/aromatic N) is 2. The summed E-state index contributed by atoms with van der Waals surface area (Å²) in [6, 6.07) is 5.78. The van der Waals surface area contributed by atoms with Gasteiger partial charge in [-0.25, -0.2) is 0 Å². The van der Waals surface area contributed by atoms with Crippen LogP contribution in [0.3, 0.4) is 0 Å². The third-order valence-corrected chi connectivity index (χ3v) is 3.34. The molecule has 2 N–H and O–H groups in total. The number of rotatable bonds is 7. The summed E-state index contributed by atoms with van der Waals surface area (Å²) in [5.41, 5.74) is 4.06. The molecule has 0 unspecified atom stereocenters. The minimum atomic E-state index is -0.0298. The molecule has 2 aromatic rings. The van der Waals surface area contributed by atoms with E-state index < -0.39 is 0 Å². The summed E-state index contributed by atoms with van der Waals surface area (Å²) in [6.45, 7) is 5.32. The van der Waals surface area contributed by atoms with Crippen molar-refractivity contribution >= 4 is 5.69 Å². The standard InChI is InChI=1S/C16H23N3O2/c1-4-15-13(10-19(3)18-15)9-17-14-6-7-16(21-5-2)12(8-14)11-20/h6-8,10,17,20H,4-5,9,11H2,1-3H3. The Morgan fingerprint density at radius 1 is 1.29 bits per heavy atom. The summed E-state index contributed by atoms with van der Waals surface area (Å²) in [7, 11) is 1.93. The van der Waals surface area contributed by atoms with E-state index in [-0.39, 0.29) is 6.61 Å². The number of aliphatic hydroxyl groups is 1. The smallest absolute Gasteiger partial charge is 0.124 e. The number of benzene rings is 1. The van der Waals surface area contributed by atoms with Gasteiger partial charge in [0.05, 0.1) is 18.9 Å². The third-order valence-electron chi connectivity index (χ3n) is 3.34. The molecule has 0 aliphatic rings. The van der Waals surface area contributed by atoms with Crippen molar-refractivity contribution in [3.63, 3.8) is 0 Å². The average molecular weight is 289 g/mol. The highest BCUT2D eigenvalue weighted by Crippen LogP contribution is 2.23. The average Bonchev–Trinajstić information content (AvgIpc) is 2.86. The van der Waals surface area contributed by atoms with E-state index in [1.54, 1.807) is 0 Å². The summed E-state index contributed by atoms with van der Waals surface area (Å²) in [4.78, 5) is 0. The fraction of sp³-hybridized carbons (Fsp3) is 0.438. The summed E-state index contributed by atoms with van der Waals surface area (Å²) >= 11 is 0. The third kappa shape index (κ3) is 3.76. The molecule has 0 spiro atoms. The Labute approximate surface area is 125 Å². The first-order valence-corrected chi connectivity index (χ1v) is 7.29. The predicted molar refractivity (Wildman–Crippen MR) is 83.4 cm³/mol. The molecular formula is C16H23N3O2. The Morgan fingerprint density at radius 3 is 2.76 bits per heavy atom. The molecule has 0 radical (unpaired) electrons. The summed E-state index contributed by atoms with van der Waals surface area (Å²) in [5.74, 6) is 0.737. The number of aliphatic hydroxyl groups excluding tert-OH is 1. The van der Waals surface area contributed by atoms with Crippen molar-refractivity contribution in [2.24, 2.45) is 7.05 Å². The monoisotopic (exact) mass is 289 g/mol. The highest BCUT2D eigenvalue weighted by Gasteiger charge is 2.07. The van der Waals surface area contributed by atoms with E-state index in [9.17, 15) is 5.11 Å². The van der Waals surface area contributed by atoms with Gasteiger partial charge in [-0.05, 0) is 31.5 Å². The first-order chi connectivity index (χ1) is 10.2. The second-order valence-corrected chi connectivity index (χ2v) is 4.90. The highest BCUT2D eigenvalue weighted by molar-refractivity contribution is 5.51. The Hall–Kier alpha value is -2.01. The maximum atomic E-state index is 9.42. The topological polar surface area (TPSA) is 59.3 Å². The molecule has 1 aromatic heterocycles. The molecule has 21 heavy (non-hydrogen) atoms. The minimum Gasteiger partial charge on any atom is -0.494 e. The van der Waals surface area contributed by atoms with Crippen LogP contribution in [0.5, 0.6) is 5.75 Å². The molecule has 5 nitrogen and oxygen atoms in total. The van der Waals surface area contributed by atoms with E-state index >= 15 is 0 Å². The lowest BCUT2D eigenvalue weighted by Gasteiger charge is -2.12. The van der Waals surface area contributed by atoms with Gasteiger partial charge in [-0.2, -0.15) is 5.10 Å². The fourth-order valence-corrected chi connectivity index (χ4v) is 2.34. The lowest BCUT2D eigenvalue weighted by Crippen LogP contribution is -2.03. The van der Waals surface area contributed by atoms with Crippen molar-refractivity contribution in [2.45, 2.75) is 33.4 Å². The van der Waals surface area contributed by atoms with E-state index in [4.69, 9.17) is 4.74 Å². The van der Waals surface area contributed by atoms with Gasteiger partial charge in [0.15, 0.2) is 0 Å². The Morgan fingerprint density at radius 2 is 2.10 bits per heavy atom. The molecule has 0 amide bonds. The SMILES string of the molecule is CCOc1ccc(NCc2cn(C)nc2CC)cc1CO. The van der Waals surface area contributed by atoms with Gasteiger partial charge in [0.1, 0.15) is 5.75 Å². The number of aromatic nitrogens is 2. The zero-order valence-corrected chi connectivity index (χ0v) is 12.9. The van der Waals surface area contributed by atoms with E-state index in [1.165, 1.54) is 5.56 Å². The molecule has 0 aliphatic carbocycles. The number of hydrogen-bond acceptors (Lipinski definition) is 4. The van der Waals surface area contributed by atoms with E-state index in [1.807, 2.05) is 43.0 Å². The largest absolute Gasteiger partial charge is 0.494 e. The first kappa shape index (κ1) is 15.4. The van der Waals surface area contributed by atoms with Crippen molar-refractivity contribution < 1.29 is 9.84 Å². The van der Waals surface area contributed by atoms with Gasteiger partial charge in [-0.3, -0.25) is 4.68 Å². The van der Waals surface area contributed by atoms with Gasteiger partial charge < -0.3 is 15.2 Å². The molecular weight excluding hydrogens is 266 g/mol. The normalized spacial score (nSPS) is 10.7. The first-order valence-electron chi connectivity index (χ1n) is 7.29. The molecule has 114 valence electrons. The fourth-order valence-electron chi connectivity index (χ4n) is 2.34. The molecule has 2 rings (SSSR count). The van der Waals surface area contributed by atoms with Crippen molar-refractivity contribution in [1.29, 1.82) is 0 Å². The lowest BCUT2D eigenvalue weighted by atomic mass is 10.1. The van der Waals surface area contributed by atoms with Gasteiger partial charge in [0.25, 0.3) is 0 Å². The molecule has 1 aromatic carbocycles. The van der Waals surface area contributed by atoms with Crippen molar-refractivity contribution in [2.75, 3.05) is 11.9 Å². The maximum absolute atomic E-state index is 9.42. The summed E-state index contributed by atoms with van der Waals surface area (Å²) < 4.78 is 7.32. The number of hydrogen-bond donors (Lipinski definition) is 2.